The number of amides is 2. The summed E-state index contributed by atoms with van der Waals surface area (Å²) in [6.07, 6.45) is 0.0306. The summed E-state index contributed by atoms with van der Waals surface area (Å²) in [5.74, 6) is -0.161. The predicted octanol–water partition coefficient (Wildman–Crippen LogP) is 3.92. The van der Waals surface area contributed by atoms with E-state index in [0.717, 1.165) is 11.3 Å². The molecule has 2 aromatic carbocycles. The van der Waals surface area contributed by atoms with Crippen LogP contribution in [-0.2, 0) is 9.53 Å². The van der Waals surface area contributed by atoms with Crippen molar-refractivity contribution < 1.29 is 23.5 Å². The first-order valence-corrected chi connectivity index (χ1v) is 10.5. The number of hydrogen-bond donors (Lipinski definition) is 2. The number of rotatable bonds is 8. The Balaban J connectivity index is 1.96. The van der Waals surface area contributed by atoms with Gasteiger partial charge in [0, 0.05) is 12.7 Å². The standard InChI is InChI=1S/C24H28FN3O4/c1-5-31-23(29)21-20(14-28(4)18-10-8-17(25)9-11-18)26-24(30)27-22(21)16-6-12-19(13-7-16)32-15(2)3/h6-13,15,22H,5,14H2,1-4H3,(H2,26,27,30). The number of nitrogens with zero attached hydrogens (tertiary/aromatic N) is 1. The molecule has 0 bridgehead atoms. The topological polar surface area (TPSA) is 79.9 Å². The molecule has 1 heterocycles. The highest BCUT2D eigenvalue weighted by Gasteiger charge is 2.34. The minimum Gasteiger partial charge on any atom is -0.491 e. The van der Waals surface area contributed by atoms with Gasteiger partial charge in [-0.05, 0) is 62.7 Å². The van der Waals surface area contributed by atoms with Crippen LogP contribution >= 0.6 is 0 Å². The second-order valence-electron chi connectivity index (χ2n) is 7.71. The number of urea groups is 1. The van der Waals surface area contributed by atoms with Crippen LogP contribution in [0.1, 0.15) is 32.4 Å². The number of carbonyl (C=O) groups is 2. The zero-order chi connectivity index (χ0) is 23.3. The third-order valence-electron chi connectivity index (χ3n) is 4.90. The Hall–Kier alpha value is -3.55. The minimum absolute atomic E-state index is 0.0306. The highest BCUT2D eigenvalue weighted by molar-refractivity contribution is 5.95. The fraction of sp³-hybridized carbons (Fsp3) is 0.333. The van der Waals surface area contributed by atoms with Crippen molar-refractivity contribution in [3.63, 3.8) is 0 Å². The molecule has 2 amide bonds. The Labute approximate surface area is 187 Å². The molecule has 170 valence electrons. The number of likely N-dealkylation sites (N-methyl/N-ethyl adjacent to an activating group) is 1. The quantitative estimate of drug-likeness (QED) is 0.607. The summed E-state index contributed by atoms with van der Waals surface area (Å²) in [5.41, 5.74) is 2.20. The molecule has 1 aliphatic heterocycles. The van der Waals surface area contributed by atoms with Crippen LogP contribution in [0.2, 0.25) is 0 Å². The lowest BCUT2D eigenvalue weighted by molar-refractivity contribution is -0.139. The van der Waals surface area contributed by atoms with Crippen molar-refractivity contribution in [2.45, 2.75) is 32.9 Å². The maximum Gasteiger partial charge on any atom is 0.338 e. The highest BCUT2D eigenvalue weighted by Crippen LogP contribution is 2.30. The monoisotopic (exact) mass is 441 g/mol. The Bertz CT molecular complexity index is 987. The minimum atomic E-state index is -0.687. The Morgan fingerprint density at radius 2 is 1.78 bits per heavy atom. The first kappa shape index (κ1) is 23.1. The summed E-state index contributed by atoms with van der Waals surface area (Å²) in [5, 5.41) is 5.56. The summed E-state index contributed by atoms with van der Waals surface area (Å²) in [6.45, 7) is 6.02. The molecule has 32 heavy (non-hydrogen) atoms. The van der Waals surface area contributed by atoms with Gasteiger partial charge >= 0.3 is 12.0 Å². The van der Waals surface area contributed by atoms with Crippen molar-refractivity contribution >= 4 is 17.7 Å². The number of hydrogen-bond acceptors (Lipinski definition) is 5. The maximum absolute atomic E-state index is 13.3. The average Bonchev–Trinajstić information content (AvgIpc) is 2.74. The number of ether oxygens (including phenoxy) is 2. The number of anilines is 1. The van der Waals surface area contributed by atoms with Gasteiger partial charge in [-0.1, -0.05) is 12.1 Å². The molecule has 0 fully saturated rings. The Morgan fingerprint density at radius 1 is 1.12 bits per heavy atom. The second kappa shape index (κ2) is 10.2. The van der Waals surface area contributed by atoms with Gasteiger partial charge in [-0.3, -0.25) is 0 Å². The number of esters is 1. The van der Waals surface area contributed by atoms with E-state index in [9.17, 15) is 14.0 Å². The molecule has 1 unspecified atom stereocenters. The zero-order valence-corrected chi connectivity index (χ0v) is 18.6. The van der Waals surface area contributed by atoms with Crippen molar-refractivity contribution in [2.75, 3.05) is 25.1 Å². The van der Waals surface area contributed by atoms with Gasteiger partial charge in [-0.15, -0.1) is 0 Å². The first-order chi connectivity index (χ1) is 15.3. The van der Waals surface area contributed by atoms with Crippen molar-refractivity contribution in [3.8, 4) is 5.75 Å². The zero-order valence-electron chi connectivity index (χ0n) is 18.6. The highest BCUT2D eigenvalue weighted by atomic mass is 19.1. The summed E-state index contributed by atoms with van der Waals surface area (Å²) in [6, 6.07) is 12.1. The van der Waals surface area contributed by atoms with E-state index in [1.165, 1.54) is 12.1 Å². The lowest BCUT2D eigenvalue weighted by Gasteiger charge is -2.31. The van der Waals surface area contributed by atoms with Crippen molar-refractivity contribution in [2.24, 2.45) is 0 Å². The number of nitrogens with one attached hydrogen (secondary N) is 2. The van der Waals surface area contributed by atoms with Crippen LogP contribution in [-0.4, -0.2) is 38.3 Å². The Kier molecular flexibility index (Phi) is 7.35. The van der Waals surface area contributed by atoms with Gasteiger partial charge in [0.25, 0.3) is 0 Å². The predicted molar refractivity (Wildman–Crippen MR) is 120 cm³/mol. The largest absolute Gasteiger partial charge is 0.491 e. The normalized spacial score (nSPS) is 15.8. The van der Waals surface area contributed by atoms with E-state index in [0.29, 0.717) is 17.0 Å². The summed E-state index contributed by atoms with van der Waals surface area (Å²) in [7, 11) is 1.80. The molecule has 0 aliphatic carbocycles. The molecule has 0 saturated heterocycles. The SMILES string of the molecule is CCOC(=O)C1=C(CN(C)c2ccc(F)cc2)NC(=O)NC1c1ccc(OC(C)C)cc1. The van der Waals surface area contributed by atoms with E-state index in [4.69, 9.17) is 9.47 Å². The van der Waals surface area contributed by atoms with Crippen LogP contribution in [0, 0.1) is 5.82 Å². The van der Waals surface area contributed by atoms with Crippen molar-refractivity contribution in [1.82, 2.24) is 10.6 Å². The van der Waals surface area contributed by atoms with E-state index in [1.54, 1.807) is 38.2 Å². The van der Waals surface area contributed by atoms with Gasteiger partial charge in [0.1, 0.15) is 11.6 Å². The number of halogens is 1. The molecule has 0 radical (unpaired) electrons. The Morgan fingerprint density at radius 3 is 2.38 bits per heavy atom. The molecule has 8 heteroatoms. The fourth-order valence-corrected chi connectivity index (χ4v) is 3.48. The summed E-state index contributed by atoms with van der Waals surface area (Å²) in [4.78, 5) is 27.2. The molecule has 1 aliphatic rings. The van der Waals surface area contributed by atoms with E-state index >= 15 is 0 Å². The summed E-state index contributed by atoms with van der Waals surface area (Å²) >= 11 is 0. The molecule has 0 saturated carbocycles. The van der Waals surface area contributed by atoms with Crippen molar-refractivity contribution in [1.29, 1.82) is 0 Å². The lowest BCUT2D eigenvalue weighted by atomic mass is 9.95. The van der Waals surface area contributed by atoms with Gasteiger partial charge in [0.2, 0.25) is 0 Å². The van der Waals surface area contributed by atoms with Gasteiger partial charge in [-0.2, -0.15) is 0 Å². The van der Waals surface area contributed by atoms with Crippen LogP contribution in [0.5, 0.6) is 5.75 Å². The second-order valence-corrected chi connectivity index (χ2v) is 7.71. The summed E-state index contributed by atoms with van der Waals surface area (Å²) < 4.78 is 24.3. The smallest absolute Gasteiger partial charge is 0.338 e. The van der Waals surface area contributed by atoms with Crippen molar-refractivity contribution in [3.05, 3.63) is 71.2 Å². The van der Waals surface area contributed by atoms with Gasteiger partial charge in [-0.25, -0.2) is 14.0 Å². The molecule has 2 N–H and O–H groups in total. The molecule has 7 nitrogen and oxygen atoms in total. The van der Waals surface area contributed by atoms with Crippen LogP contribution in [0.3, 0.4) is 0 Å². The fourth-order valence-electron chi connectivity index (χ4n) is 3.48. The maximum atomic E-state index is 13.3. The molecular formula is C24H28FN3O4. The van der Waals surface area contributed by atoms with Crippen LogP contribution < -0.4 is 20.3 Å². The third-order valence-corrected chi connectivity index (χ3v) is 4.90. The molecule has 0 aromatic heterocycles. The van der Waals surface area contributed by atoms with E-state index in [1.807, 2.05) is 30.9 Å². The third kappa shape index (κ3) is 5.57. The molecule has 0 spiro atoms. The van der Waals surface area contributed by atoms with Crippen LogP contribution in [0.25, 0.3) is 0 Å². The van der Waals surface area contributed by atoms with Crippen LogP contribution in [0.15, 0.2) is 59.8 Å². The number of benzene rings is 2. The van der Waals surface area contributed by atoms with E-state index in [-0.39, 0.29) is 25.1 Å². The van der Waals surface area contributed by atoms with Crippen LogP contribution in [0.4, 0.5) is 14.9 Å². The lowest BCUT2D eigenvalue weighted by Crippen LogP contribution is -2.48. The van der Waals surface area contributed by atoms with Gasteiger partial charge in [0.15, 0.2) is 0 Å². The van der Waals surface area contributed by atoms with E-state index in [2.05, 4.69) is 10.6 Å². The average molecular weight is 442 g/mol. The molecule has 2 aromatic rings. The number of carbonyl (C=O) groups excluding carboxylic acids is 2. The van der Waals surface area contributed by atoms with Gasteiger partial charge in [0.05, 0.1) is 36.6 Å². The van der Waals surface area contributed by atoms with E-state index < -0.39 is 18.0 Å². The first-order valence-electron chi connectivity index (χ1n) is 10.5. The molecular weight excluding hydrogens is 413 g/mol. The molecule has 1 atom stereocenters. The molecule has 3 rings (SSSR count). The van der Waals surface area contributed by atoms with Gasteiger partial charge < -0.3 is 25.0 Å².